The maximum Gasteiger partial charge on any atom is 0.244 e. The molecule has 0 atom stereocenters. The molecule has 37 heavy (non-hydrogen) atoms. The van der Waals surface area contributed by atoms with E-state index in [1.165, 1.54) is 11.1 Å². The first-order valence-corrected chi connectivity index (χ1v) is 13.0. The van der Waals surface area contributed by atoms with Crippen molar-refractivity contribution in [2.75, 3.05) is 24.3 Å². The number of fused-ring (bicyclic) bond motifs is 4. The Balaban J connectivity index is 1.11. The minimum absolute atomic E-state index is 0.0218. The first-order chi connectivity index (χ1) is 18.1. The number of nitrogens with one attached hydrogen (secondary N) is 2. The summed E-state index contributed by atoms with van der Waals surface area (Å²) in [6, 6.07) is 25.2. The lowest BCUT2D eigenvalue weighted by molar-refractivity contribution is -0.117. The molecule has 1 fully saturated rings. The average Bonchev–Trinajstić information content (AvgIpc) is 3.23. The van der Waals surface area contributed by atoms with Gasteiger partial charge in [0.05, 0.1) is 5.52 Å². The minimum Gasteiger partial charge on any atom is -0.362 e. The Morgan fingerprint density at radius 1 is 0.784 bits per heavy atom. The van der Waals surface area contributed by atoms with E-state index in [9.17, 15) is 4.79 Å². The number of amides is 1. The smallest absolute Gasteiger partial charge is 0.244 e. The molecule has 0 bridgehead atoms. The third-order valence-corrected chi connectivity index (χ3v) is 7.41. The van der Waals surface area contributed by atoms with Gasteiger partial charge in [0.25, 0.3) is 0 Å². The van der Waals surface area contributed by atoms with E-state index in [4.69, 9.17) is 9.97 Å². The van der Waals surface area contributed by atoms with Crippen LogP contribution < -0.4 is 15.5 Å². The Morgan fingerprint density at radius 3 is 2.00 bits per heavy atom. The van der Waals surface area contributed by atoms with Crippen LogP contribution in [0.4, 0.5) is 11.8 Å². The van der Waals surface area contributed by atoms with Gasteiger partial charge in [0, 0.05) is 37.6 Å². The number of para-hydroxylation sites is 1. The molecule has 0 spiro atoms. The van der Waals surface area contributed by atoms with Crippen LogP contribution >= 0.6 is 0 Å². The zero-order valence-corrected chi connectivity index (χ0v) is 21.2. The summed E-state index contributed by atoms with van der Waals surface area (Å²) in [4.78, 5) is 24.6. The predicted octanol–water partition coefficient (Wildman–Crippen LogP) is 5.65. The van der Waals surface area contributed by atoms with E-state index in [2.05, 4.69) is 53.1 Å². The summed E-state index contributed by atoms with van der Waals surface area (Å²) in [5.74, 6) is 1.56. The van der Waals surface area contributed by atoms with Crippen molar-refractivity contribution < 1.29 is 4.79 Å². The van der Waals surface area contributed by atoms with E-state index in [0.717, 1.165) is 59.1 Å². The lowest BCUT2D eigenvalue weighted by Gasteiger charge is -2.29. The number of aromatic nitrogens is 2. The summed E-state index contributed by atoms with van der Waals surface area (Å²) in [7, 11) is 4.01. The van der Waals surface area contributed by atoms with E-state index in [0.29, 0.717) is 5.95 Å². The molecular weight excluding hydrogens is 458 g/mol. The molecule has 1 saturated carbocycles. The zero-order valence-electron chi connectivity index (χ0n) is 21.2. The highest BCUT2D eigenvalue weighted by Crippen LogP contribution is 2.43. The zero-order chi connectivity index (χ0) is 25.4. The van der Waals surface area contributed by atoms with Crippen LogP contribution in [0.25, 0.3) is 27.6 Å². The number of rotatable bonds is 5. The van der Waals surface area contributed by atoms with Gasteiger partial charge in [-0.1, -0.05) is 60.7 Å². The van der Waals surface area contributed by atoms with E-state index in [-0.39, 0.29) is 18.0 Å². The van der Waals surface area contributed by atoms with Crippen molar-refractivity contribution in [3.8, 4) is 11.1 Å². The molecule has 1 aromatic heterocycles. The monoisotopic (exact) mass is 489 g/mol. The summed E-state index contributed by atoms with van der Waals surface area (Å²) >= 11 is 0. The highest BCUT2D eigenvalue weighted by atomic mass is 16.1. The largest absolute Gasteiger partial charge is 0.362 e. The quantitative estimate of drug-likeness (QED) is 0.312. The molecule has 3 aromatic carbocycles. The molecule has 1 amide bonds. The molecule has 6 heteroatoms. The van der Waals surface area contributed by atoms with Gasteiger partial charge in [0.2, 0.25) is 11.9 Å². The maximum atomic E-state index is 13.1. The fourth-order valence-electron chi connectivity index (χ4n) is 5.61. The first kappa shape index (κ1) is 23.2. The molecule has 0 radical (unpaired) electrons. The number of nitrogens with zero attached hydrogens (tertiary/aromatic N) is 3. The molecule has 6 rings (SSSR count). The van der Waals surface area contributed by atoms with Crippen LogP contribution in [0, 0.1) is 0 Å². The second-order valence-electron chi connectivity index (χ2n) is 10.1. The molecule has 4 aromatic rings. The number of hydrogen-bond acceptors (Lipinski definition) is 5. The Kier molecular flexibility index (Phi) is 6.08. The maximum absolute atomic E-state index is 13.1. The fraction of sp³-hybridized carbons (Fsp3) is 0.258. The van der Waals surface area contributed by atoms with Crippen LogP contribution in [-0.2, 0) is 4.79 Å². The summed E-state index contributed by atoms with van der Waals surface area (Å²) in [6.45, 7) is 0. The Labute approximate surface area is 217 Å². The number of anilines is 2. The Hall–Kier alpha value is -4.19. The van der Waals surface area contributed by atoms with Gasteiger partial charge < -0.3 is 15.5 Å². The molecule has 1 heterocycles. The second-order valence-corrected chi connectivity index (χ2v) is 10.1. The lowest BCUT2D eigenvalue weighted by atomic mass is 9.91. The van der Waals surface area contributed by atoms with Gasteiger partial charge in [-0.15, -0.1) is 0 Å². The summed E-state index contributed by atoms with van der Waals surface area (Å²) in [5.41, 5.74) is 6.57. The number of carbonyl (C=O) groups is 1. The SMILES string of the molecule is CN(C)c1nc(NC2CCC(NC(=O)C=C3c4ccccc4-c4ccccc43)CC2)nc2ccccc12. The van der Waals surface area contributed by atoms with Crippen molar-refractivity contribution in [3.05, 3.63) is 90.0 Å². The highest BCUT2D eigenvalue weighted by molar-refractivity contribution is 6.08. The molecule has 2 aliphatic rings. The van der Waals surface area contributed by atoms with Gasteiger partial charge in [0.15, 0.2) is 0 Å². The third-order valence-electron chi connectivity index (χ3n) is 7.41. The van der Waals surface area contributed by atoms with Crippen molar-refractivity contribution in [3.63, 3.8) is 0 Å². The summed E-state index contributed by atoms with van der Waals surface area (Å²) in [5, 5.41) is 7.86. The fourth-order valence-corrected chi connectivity index (χ4v) is 5.61. The second kappa shape index (κ2) is 9.69. The standard InChI is InChI=1S/C31H31N5O/c1-36(2)30-26-13-7-8-14-28(26)34-31(35-30)33-21-17-15-20(16-18-21)32-29(37)19-27-24-11-5-3-9-22(24)23-10-4-6-12-25(23)27/h3-14,19-21H,15-18H2,1-2H3,(H,32,37)(H,33,34,35). The van der Waals surface area contributed by atoms with Crippen molar-refractivity contribution in [2.24, 2.45) is 0 Å². The highest BCUT2D eigenvalue weighted by Gasteiger charge is 2.26. The minimum atomic E-state index is -0.0218. The molecule has 186 valence electrons. The van der Waals surface area contributed by atoms with E-state index < -0.39 is 0 Å². The molecule has 0 unspecified atom stereocenters. The lowest BCUT2D eigenvalue weighted by Crippen LogP contribution is -2.39. The van der Waals surface area contributed by atoms with Gasteiger partial charge in [-0.25, -0.2) is 4.98 Å². The number of benzene rings is 3. The normalized spacial score (nSPS) is 18.2. The van der Waals surface area contributed by atoms with Crippen LogP contribution in [0.15, 0.2) is 78.9 Å². The van der Waals surface area contributed by atoms with Gasteiger partial charge in [-0.3, -0.25) is 4.79 Å². The first-order valence-electron chi connectivity index (χ1n) is 13.0. The van der Waals surface area contributed by atoms with Crippen LogP contribution in [0.1, 0.15) is 36.8 Å². The number of hydrogen-bond donors (Lipinski definition) is 2. The average molecular weight is 490 g/mol. The van der Waals surface area contributed by atoms with Crippen molar-refractivity contribution in [1.82, 2.24) is 15.3 Å². The summed E-state index contributed by atoms with van der Waals surface area (Å²) < 4.78 is 0. The Bertz CT molecular complexity index is 1450. The molecule has 6 nitrogen and oxygen atoms in total. The van der Waals surface area contributed by atoms with E-state index >= 15 is 0 Å². The Morgan fingerprint density at radius 2 is 1.35 bits per heavy atom. The van der Waals surface area contributed by atoms with Gasteiger partial charge in [-0.2, -0.15) is 4.98 Å². The van der Waals surface area contributed by atoms with Gasteiger partial charge in [-0.05, 0) is 65.6 Å². The van der Waals surface area contributed by atoms with Gasteiger partial charge >= 0.3 is 0 Å². The van der Waals surface area contributed by atoms with Crippen molar-refractivity contribution in [1.29, 1.82) is 0 Å². The van der Waals surface area contributed by atoms with Crippen LogP contribution in [-0.4, -0.2) is 42.1 Å². The molecular formula is C31H31N5O. The summed E-state index contributed by atoms with van der Waals surface area (Å²) in [6.07, 6.45) is 5.55. The third kappa shape index (κ3) is 4.55. The van der Waals surface area contributed by atoms with E-state index in [1.807, 2.05) is 49.3 Å². The van der Waals surface area contributed by atoms with Crippen molar-refractivity contribution in [2.45, 2.75) is 37.8 Å². The molecule has 2 aliphatic carbocycles. The van der Waals surface area contributed by atoms with Crippen LogP contribution in [0.3, 0.4) is 0 Å². The van der Waals surface area contributed by atoms with Gasteiger partial charge in [0.1, 0.15) is 5.82 Å². The van der Waals surface area contributed by atoms with E-state index in [1.54, 1.807) is 6.08 Å². The molecule has 2 N–H and O–H groups in total. The molecule has 0 saturated heterocycles. The van der Waals surface area contributed by atoms with Crippen molar-refractivity contribution >= 4 is 34.1 Å². The number of carbonyl (C=O) groups excluding carboxylic acids is 1. The molecule has 0 aliphatic heterocycles. The van der Waals surface area contributed by atoms with Crippen LogP contribution in [0.5, 0.6) is 0 Å². The topological polar surface area (TPSA) is 70.2 Å². The van der Waals surface area contributed by atoms with Crippen LogP contribution in [0.2, 0.25) is 0 Å². The predicted molar refractivity (Wildman–Crippen MR) is 151 cm³/mol.